The van der Waals surface area contributed by atoms with Gasteiger partial charge in [0.05, 0.1) is 18.5 Å². The van der Waals surface area contributed by atoms with E-state index in [1.165, 1.54) is 6.20 Å². The number of amides is 5. The third kappa shape index (κ3) is 11.6. The fourth-order valence-corrected chi connectivity index (χ4v) is 12.5. The van der Waals surface area contributed by atoms with Crippen LogP contribution < -0.4 is 20.9 Å². The monoisotopic (exact) mass is 1000 g/mol. The molecule has 2 saturated carbocycles. The molecule has 7 aliphatic rings. The van der Waals surface area contributed by atoms with E-state index in [2.05, 4.69) is 61.6 Å². The van der Waals surface area contributed by atoms with Crippen molar-refractivity contribution in [2.45, 2.75) is 115 Å². The van der Waals surface area contributed by atoms with E-state index in [0.717, 1.165) is 160 Å². The number of nitrogens with one attached hydrogen (secondary N) is 3. The number of imide groups is 1. The number of nitrogens with zero attached hydrogens (tertiary/aromatic N) is 10. The van der Waals surface area contributed by atoms with E-state index in [9.17, 15) is 28.8 Å². The molecule has 1 atom stereocenters. The maximum Gasteiger partial charge on any atom is 0.343 e. The molecule has 0 radical (unpaired) electrons. The van der Waals surface area contributed by atoms with Crippen LogP contribution >= 0.6 is 0 Å². The highest BCUT2D eigenvalue weighted by molar-refractivity contribution is 6.05. The van der Waals surface area contributed by atoms with E-state index in [0.29, 0.717) is 47.8 Å². The molecule has 73 heavy (non-hydrogen) atoms. The van der Waals surface area contributed by atoms with Gasteiger partial charge in [-0.1, -0.05) is 0 Å². The number of esters is 1. The summed E-state index contributed by atoms with van der Waals surface area (Å²) in [7, 11) is 1.84. The Morgan fingerprint density at radius 2 is 1.49 bits per heavy atom. The molecule has 3 aromatic rings. The van der Waals surface area contributed by atoms with Gasteiger partial charge in [-0.25, -0.2) is 9.78 Å². The topological polar surface area (TPSA) is 211 Å². The van der Waals surface area contributed by atoms with Crippen molar-refractivity contribution in [3.05, 3.63) is 53.5 Å². The number of ether oxygens (including phenoxy) is 1. The summed E-state index contributed by atoms with van der Waals surface area (Å²) in [6.07, 6.45) is 15.9. The molecule has 5 aliphatic heterocycles. The van der Waals surface area contributed by atoms with Crippen molar-refractivity contribution in [2.75, 3.05) is 94.1 Å². The van der Waals surface area contributed by atoms with Crippen LogP contribution in [0.4, 0.5) is 23.1 Å². The summed E-state index contributed by atoms with van der Waals surface area (Å²) >= 11 is 0. The standard InChI is InChI=1S/C53H73N13O7/c1-3-73-52(72)44-32-54-53(57-40-31-55-60(2)34-40)59-47(44)56-39-8-10-41(11-9-39)62-26-28-65(29-27-62)50(70)37-6-4-36(5-7-37)49(69)64-20-17-35(18-21-64)16-19-61-22-24-63(25-23-61)42-12-13-43-38(30-42)33-66(51(43)71)45-14-15-46(67)58-48(45)68/h12-13,30-32,34-37,39,41,45H,3-11,14-29,33H2,1-2H3,(H,58,67,68)(H2,54,56,57,59). The first kappa shape index (κ1) is 50.4. The first-order valence-electron chi connectivity index (χ1n) is 27.1. The molecule has 7 heterocycles. The van der Waals surface area contributed by atoms with Crippen LogP contribution in [0.15, 0.2) is 36.8 Å². The van der Waals surface area contributed by atoms with Crippen LogP contribution in [0.25, 0.3) is 0 Å². The minimum atomic E-state index is -0.607. The van der Waals surface area contributed by atoms with Gasteiger partial charge in [0.1, 0.15) is 17.4 Å². The zero-order chi connectivity index (χ0) is 50.6. The Morgan fingerprint density at radius 1 is 0.795 bits per heavy atom. The van der Waals surface area contributed by atoms with Crippen LogP contribution in [-0.4, -0.2) is 176 Å². The Bertz CT molecular complexity index is 2500. The third-order valence-corrected chi connectivity index (χ3v) is 16.9. The third-order valence-electron chi connectivity index (χ3n) is 16.9. The lowest BCUT2D eigenvalue weighted by Crippen LogP contribution is -2.54. The van der Waals surface area contributed by atoms with Gasteiger partial charge < -0.3 is 35.0 Å². The zero-order valence-electron chi connectivity index (χ0n) is 42.6. The minimum Gasteiger partial charge on any atom is -0.462 e. The average molecular weight is 1000 g/mol. The summed E-state index contributed by atoms with van der Waals surface area (Å²) < 4.78 is 7.00. The summed E-state index contributed by atoms with van der Waals surface area (Å²) in [5, 5.41) is 13.3. The van der Waals surface area contributed by atoms with Gasteiger partial charge in [-0.05, 0) is 120 Å². The maximum atomic E-state index is 13.8. The minimum absolute atomic E-state index is 0.00277. The van der Waals surface area contributed by atoms with E-state index in [1.54, 1.807) is 22.7 Å². The SMILES string of the molecule is CCOC(=O)c1cnc(Nc2cnn(C)c2)nc1NC1CCC(N2CCN(C(=O)C3CCC(C(=O)N4CCC(CCN5CCN(c6ccc7c(c6)CN(C6CCC(=O)NC6=O)C7=O)CC5)CC4)CC3)CC2)CC1. The molecule has 20 nitrogen and oxygen atoms in total. The van der Waals surface area contributed by atoms with Crippen LogP contribution in [-0.2, 0) is 37.5 Å². The number of likely N-dealkylation sites (tertiary alicyclic amines) is 1. The smallest absolute Gasteiger partial charge is 0.343 e. The highest BCUT2D eigenvalue weighted by atomic mass is 16.5. The predicted octanol–water partition coefficient (Wildman–Crippen LogP) is 4.02. The van der Waals surface area contributed by atoms with Crippen molar-refractivity contribution in [1.29, 1.82) is 0 Å². The first-order valence-corrected chi connectivity index (χ1v) is 27.1. The van der Waals surface area contributed by atoms with Crippen LogP contribution in [0.3, 0.4) is 0 Å². The quantitative estimate of drug-likeness (QED) is 0.154. The summed E-state index contributed by atoms with van der Waals surface area (Å²) in [6.45, 7) is 12.1. The second kappa shape index (κ2) is 22.5. The number of piperidine rings is 2. The van der Waals surface area contributed by atoms with Crippen molar-refractivity contribution in [3.63, 3.8) is 0 Å². The molecule has 392 valence electrons. The second-order valence-corrected chi connectivity index (χ2v) is 21.4. The Balaban J connectivity index is 0.599. The number of hydrogen-bond acceptors (Lipinski definition) is 15. The van der Waals surface area contributed by atoms with Crippen molar-refractivity contribution >= 4 is 58.6 Å². The van der Waals surface area contributed by atoms with E-state index in [4.69, 9.17) is 4.74 Å². The molecule has 20 heteroatoms. The lowest BCUT2D eigenvalue weighted by molar-refractivity contribution is -0.143. The molecule has 3 N–H and O–H groups in total. The predicted molar refractivity (Wildman–Crippen MR) is 273 cm³/mol. The molecule has 0 bridgehead atoms. The van der Waals surface area contributed by atoms with Gasteiger partial charge in [-0.2, -0.15) is 10.1 Å². The maximum absolute atomic E-state index is 13.8. The number of hydrogen-bond donors (Lipinski definition) is 3. The number of aromatic nitrogens is 4. The largest absolute Gasteiger partial charge is 0.462 e. The molecule has 2 aromatic heterocycles. The number of benzene rings is 1. The van der Waals surface area contributed by atoms with E-state index in [1.807, 2.05) is 25.4 Å². The van der Waals surface area contributed by atoms with E-state index < -0.39 is 12.0 Å². The van der Waals surface area contributed by atoms with Gasteiger partial charge in [0.2, 0.25) is 29.6 Å². The van der Waals surface area contributed by atoms with Gasteiger partial charge in [-0.3, -0.25) is 43.8 Å². The Morgan fingerprint density at radius 3 is 2.15 bits per heavy atom. The van der Waals surface area contributed by atoms with Gasteiger partial charge in [0, 0.05) is 133 Å². The van der Waals surface area contributed by atoms with E-state index >= 15 is 0 Å². The molecule has 4 saturated heterocycles. The summed E-state index contributed by atoms with van der Waals surface area (Å²) in [4.78, 5) is 100. The number of carbonyl (C=O) groups is 6. The normalized spacial score (nSPS) is 25.6. The number of carbonyl (C=O) groups excluding carboxylic acids is 6. The number of fused-ring (bicyclic) bond motifs is 1. The fraction of sp³-hybridized carbons (Fsp3) is 0.642. The molecule has 6 fully saturated rings. The molecule has 10 rings (SSSR count). The lowest BCUT2D eigenvalue weighted by atomic mass is 9.80. The lowest BCUT2D eigenvalue weighted by Gasteiger charge is -2.43. The number of aryl methyl sites for hydroxylation is 1. The number of rotatable bonds is 14. The second-order valence-electron chi connectivity index (χ2n) is 21.4. The van der Waals surface area contributed by atoms with Crippen LogP contribution in [0.2, 0.25) is 0 Å². The number of piperazine rings is 2. The summed E-state index contributed by atoms with van der Waals surface area (Å²) in [6, 6.07) is 6.00. The molecular weight excluding hydrogens is 931 g/mol. The van der Waals surface area contributed by atoms with Gasteiger partial charge >= 0.3 is 5.97 Å². The Labute approximate surface area is 427 Å². The summed E-state index contributed by atoms with van der Waals surface area (Å²) in [5.74, 6) is 0.758. The molecule has 0 spiro atoms. The molecule has 5 amide bonds. The average Bonchev–Trinajstić information content (AvgIpc) is 3.98. The Hall–Kier alpha value is -6.15. The van der Waals surface area contributed by atoms with Crippen molar-refractivity contribution in [2.24, 2.45) is 24.8 Å². The van der Waals surface area contributed by atoms with Crippen molar-refractivity contribution in [1.82, 2.24) is 49.6 Å². The van der Waals surface area contributed by atoms with Crippen molar-refractivity contribution < 1.29 is 33.5 Å². The summed E-state index contributed by atoms with van der Waals surface area (Å²) in [5.41, 5.74) is 3.74. The molecule has 1 unspecified atom stereocenters. The highest BCUT2D eigenvalue weighted by Gasteiger charge is 2.40. The van der Waals surface area contributed by atoms with Crippen LogP contribution in [0, 0.1) is 17.8 Å². The fourth-order valence-electron chi connectivity index (χ4n) is 12.5. The van der Waals surface area contributed by atoms with Crippen LogP contribution in [0.5, 0.6) is 0 Å². The molecular formula is C53H73N13O7. The zero-order valence-corrected chi connectivity index (χ0v) is 42.6. The first-order chi connectivity index (χ1) is 35.5. The Kier molecular flexibility index (Phi) is 15.6. The van der Waals surface area contributed by atoms with Gasteiger partial charge in [-0.15, -0.1) is 0 Å². The molecule has 2 aliphatic carbocycles. The van der Waals surface area contributed by atoms with Crippen LogP contribution in [0.1, 0.15) is 117 Å². The van der Waals surface area contributed by atoms with Gasteiger partial charge in [0.15, 0.2) is 0 Å². The van der Waals surface area contributed by atoms with E-state index in [-0.39, 0.29) is 60.4 Å². The molecule has 1 aromatic carbocycles. The highest BCUT2D eigenvalue weighted by Crippen LogP contribution is 2.35. The van der Waals surface area contributed by atoms with Crippen molar-refractivity contribution in [3.8, 4) is 0 Å². The van der Waals surface area contributed by atoms with Gasteiger partial charge in [0.25, 0.3) is 5.91 Å². The number of anilines is 4.